The Bertz CT molecular complexity index is 1080. The average molecular weight is 414 g/mol. The van der Waals surface area contributed by atoms with Gasteiger partial charge in [0.25, 0.3) is 0 Å². The molecular weight excluding hydrogens is 401 g/mol. The van der Waals surface area contributed by atoms with Crippen molar-refractivity contribution in [1.29, 1.82) is 0 Å². The second-order valence-electron chi connectivity index (χ2n) is 6.12. The number of hydrogen-bond donors (Lipinski definition) is 0. The van der Waals surface area contributed by atoms with Crippen LogP contribution in [0.15, 0.2) is 48.6 Å². The average Bonchev–Trinajstić information content (AvgIpc) is 2.60. The van der Waals surface area contributed by atoms with Gasteiger partial charge in [-0.05, 0) is 30.0 Å². The van der Waals surface area contributed by atoms with Crippen molar-refractivity contribution in [2.24, 2.45) is 0 Å². The van der Waals surface area contributed by atoms with Crippen LogP contribution in [0.3, 0.4) is 0 Å². The topological polar surface area (TPSA) is 9.23 Å². The molecule has 0 aliphatic heterocycles. The highest BCUT2D eigenvalue weighted by Gasteiger charge is 2.38. The van der Waals surface area contributed by atoms with E-state index < -0.39 is 46.0 Å². The number of ether oxygens (including phenoxy) is 1. The fraction of sp³-hybridized carbons (Fsp3) is 0.143. The maximum Gasteiger partial charge on any atom is 0.422 e. The van der Waals surface area contributed by atoms with Gasteiger partial charge in [0.2, 0.25) is 0 Å². The molecule has 0 spiro atoms. The van der Waals surface area contributed by atoms with Gasteiger partial charge in [-0.1, -0.05) is 24.3 Å². The van der Waals surface area contributed by atoms with Gasteiger partial charge in [-0.25, -0.2) is 17.6 Å². The number of fused-ring (bicyclic) bond motifs is 1. The van der Waals surface area contributed by atoms with E-state index in [0.29, 0.717) is 6.07 Å². The Labute approximate surface area is 161 Å². The zero-order valence-corrected chi connectivity index (χ0v) is 14.9. The third-order valence-corrected chi connectivity index (χ3v) is 4.20. The zero-order valence-electron chi connectivity index (χ0n) is 14.9. The van der Waals surface area contributed by atoms with Crippen LogP contribution in [0.5, 0.6) is 5.75 Å². The summed E-state index contributed by atoms with van der Waals surface area (Å²) in [5.74, 6) is -5.64. The van der Waals surface area contributed by atoms with Gasteiger partial charge >= 0.3 is 6.18 Å². The Kier molecular flexibility index (Phi) is 5.55. The molecule has 0 aromatic heterocycles. The Morgan fingerprint density at radius 3 is 2.14 bits per heavy atom. The lowest BCUT2D eigenvalue weighted by Crippen LogP contribution is -2.11. The van der Waals surface area contributed by atoms with Gasteiger partial charge in [0, 0.05) is 17.5 Å². The van der Waals surface area contributed by atoms with E-state index >= 15 is 0 Å². The molecule has 1 nitrogen and oxygen atoms in total. The van der Waals surface area contributed by atoms with Crippen LogP contribution in [0.1, 0.15) is 12.5 Å². The third kappa shape index (κ3) is 4.06. The molecular formula is C21H13F7O. The lowest BCUT2D eigenvalue weighted by molar-refractivity contribution is -0.142. The van der Waals surface area contributed by atoms with E-state index in [-0.39, 0.29) is 23.3 Å². The van der Waals surface area contributed by atoms with Crippen molar-refractivity contribution < 1.29 is 35.5 Å². The molecule has 152 valence electrons. The second kappa shape index (κ2) is 7.77. The van der Waals surface area contributed by atoms with Crippen LogP contribution in [0.2, 0.25) is 0 Å². The van der Waals surface area contributed by atoms with Crippen LogP contribution in [0, 0.1) is 23.3 Å². The number of allylic oxidation sites excluding steroid dienone is 1. The molecule has 3 aromatic rings. The summed E-state index contributed by atoms with van der Waals surface area (Å²) in [6.45, 7) is 1.85. The number of benzene rings is 3. The standard InChI is InChI=1S/C21H13F7O/c1-2-3-6-29-13-9-15(22)18(16(23)10-13)11-4-5-14-12(7-11)8-17(24)19(20(14)25)21(26,27)28/h2-5,7-10H,6H2,1H3. The molecule has 0 fully saturated rings. The highest BCUT2D eigenvalue weighted by Crippen LogP contribution is 2.38. The summed E-state index contributed by atoms with van der Waals surface area (Å²) < 4.78 is 101. The van der Waals surface area contributed by atoms with Crippen molar-refractivity contribution in [3.8, 4) is 16.9 Å². The molecule has 0 aliphatic carbocycles. The van der Waals surface area contributed by atoms with Crippen molar-refractivity contribution in [2.75, 3.05) is 6.61 Å². The molecule has 0 radical (unpaired) electrons. The number of alkyl halides is 3. The Morgan fingerprint density at radius 1 is 0.897 bits per heavy atom. The lowest BCUT2D eigenvalue weighted by atomic mass is 9.98. The van der Waals surface area contributed by atoms with Gasteiger partial charge in [-0.3, -0.25) is 0 Å². The first kappa shape index (κ1) is 20.7. The van der Waals surface area contributed by atoms with E-state index in [1.807, 2.05) is 0 Å². The molecule has 3 aromatic carbocycles. The summed E-state index contributed by atoms with van der Waals surface area (Å²) >= 11 is 0. The second-order valence-corrected chi connectivity index (χ2v) is 6.12. The highest BCUT2D eigenvalue weighted by atomic mass is 19.4. The first-order valence-electron chi connectivity index (χ1n) is 8.35. The highest BCUT2D eigenvalue weighted by molar-refractivity contribution is 5.89. The van der Waals surface area contributed by atoms with Crippen LogP contribution in [0.4, 0.5) is 30.7 Å². The minimum atomic E-state index is -5.22. The van der Waals surface area contributed by atoms with Crippen molar-refractivity contribution >= 4 is 10.8 Å². The molecule has 0 amide bonds. The van der Waals surface area contributed by atoms with Crippen LogP contribution in [0.25, 0.3) is 21.9 Å². The largest absolute Gasteiger partial charge is 0.489 e. The van der Waals surface area contributed by atoms with E-state index in [1.54, 1.807) is 19.1 Å². The third-order valence-electron chi connectivity index (χ3n) is 4.20. The minimum absolute atomic E-state index is 0.0606. The Morgan fingerprint density at radius 2 is 1.55 bits per heavy atom. The molecule has 0 saturated carbocycles. The van der Waals surface area contributed by atoms with E-state index in [4.69, 9.17) is 4.74 Å². The van der Waals surface area contributed by atoms with E-state index in [1.165, 1.54) is 0 Å². The molecule has 3 rings (SSSR count). The number of rotatable bonds is 4. The van der Waals surface area contributed by atoms with Gasteiger partial charge in [0.15, 0.2) is 0 Å². The van der Waals surface area contributed by atoms with Crippen LogP contribution >= 0.6 is 0 Å². The fourth-order valence-corrected chi connectivity index (χ4v) is 2.90. The van der Waals surface area contributed by atoms with Crippen LogP contribution in [-0.4, -0.2) is 6.61 Å². The van der Waals surface area contributed by atoms with Crippen molar-refractivity contribution in [3.63, 3.8) is 0 Å². The zero-order chi connectivity index (χ0) is 21.3. The van der Waals surface area contributed by atoms with E-state index in [0.717, 1.165) is 30.3 Å². The van der Waals surface area contributed by atoms with Crippen molar-refractivity contribution in [2.45, 2.75) is 13.1 Å². The molecule has 0 heterocycles. The minimum Gasteiger partial charge on any atom is -0.489 e. The van der Waals surface area contributed by atoms with Crippen LogP contribution in [-0.2, 0) is 6.18 Å². The smallest absolute Gasteiger partial charge is 0.422 e. The van der Waals surface area contributed by atoms with Crippen molar-refractivity contribution in [3.05, 3.63) is 77.4 Å². The van der Waals surface area contributed by atoms with E-state index in [9.17, 15) is 30.7 Å². The van der Waals surface area contributed by atoms with Gasteiger partial charge in [-0.2, -0.15) is 13.2 Å². The van der Waals surface area contributed by atoms with Crippen LogP contribution < -0.4 is 4.74 Å². The van der Waals surface area contributed by atoms with Gasteiger partial charge in [-0.15, -0.1) is 0 Å². The molecule has 8 heteroatoms. The molecule has 29 heavy (non-hydrogen) atoms. The molecule has 0 N–H and O–H groups in total. The fourth-order valence-electron chi connectivity index (χ4n) is 2.90. The summed E-state index contributed by atoms with van der Waals surface area (Å²) in [6.07, 6.45) is -1.90. The van der Waals surface area contributed by atoms with Gasteiger partial charge in [0.05, 0.1) is 5.56 Å². The molecule has 0 unspecified atom stereocenters. The monoisotopic (exact) mass is 414 g/mol. The van der Waals surface area contributed by atoms with Gasteiger partial charge < -0.3 is 4.74 Å². The molecule has 0 atom stereocenters. The maximum absolute atomic E-state index is 14.4. The predicted octanol–water partition coefficient (Wildman–Crippen LogP) is 7.04. The lowest BCUT2D eigenvalue weighted by Gasteiger charge is -2.13. The molecule has 0 bridgehead atoms. The van der Waals surface area contributed by atoms with Crippen molar-refractivity contribution in [1.82, 2.24) is 0 Å². The SMILES string of the molecule is CC=CCOc1cc(F)c(-c2ccc3c(F)c(C(F)(F)F)c(F)cc3c2)c(F)c1. The predicted molar refractivity (Wildman–Crippen MR) is 94.5 cm³/mol. The normalized spacial score (nSPS) is 12.1. The number of hydrogen-bond acceptors (Lipinski definition) is 1. The quantitative estimate of drug-likeness (QED) is 0.329. The number of halogens is 7. The Hall–Kier alpha value is -3.03. The first-order valence-corrected chi connectivity index (χ1v) is 8.35. The maximum atomic E-state index is 14.4. The molecule has 0 saturated heterocycles. The summed E-state index contributed by atoms with van der Waals surface area (Å²) in [6, 6.07) is 5.37. The summed E-state index contributed by atoms with van der Waals surface area (Å²) in [4.78, 5) is 0. The summed E-state index contributed by atoms with van der Waals surface area (Å²) in [7, 11) is 0. The molecule has 0 aliphatic rings. The van der Waals surface area contributed by atoms with Gasteiger partial charge in [0.1, 0.15) is 41.2 Å². The first-order chi connectivity index (χ1) is 13.6. The summed E-state index contributed by atoms with van der Waals surface area (Å²) in [5, 5.41) is -0.785. The summed E-state index contributed by atoms with van der Waals surface area (Å²) in [5.41, 5.74) is -2.60. The Balaban J connectivity index is 2.10. The van der Waals surface area contributed by atoms with E-state index in [2.05, 4.69) is 0 Å².